The molecule has 2 aromatic carbocycles. The monoisotopic (exact) mass is 179 g/mol. The molecule has 0 unspecified atom stereocenters. The van der Waals surface area contributed by atoms with Gasteiger partial charge in [-0.15, -0.1) is 0 Å². The molecule has 0 aliphatic carbocycles. The van der Waals surface area contributed by atoms with Crippen LogP contribution in [-0.4, -0.2) is 12.5 Å². The Bertz CT molecular complexity index is 664. The molecule has 64 valence electrons. The zero-order valence-corrected chi connectivity index (χ0v) is 7.45. The van der Waals surface area contributed by atoms with Gasteiger partial charge in [0.2, 0.25) is 0 Å². The molecule has 0 aliphatic rings. The molecule has 0 bridgehead atoms. The molecule has 2 nitrogen and oxygen atoms in total. The van der Waals surface area contributed by atoms with E-state index in [0.717, 1.165) is 21.7 Å². The molecule has 0 atom stereocenters. The van der Waals surface area contributed by atoms with Gasteiger partial charge in [-0.05, 0) is 0 Å². The summed E-state index contributed by atoms with van der Waals surface area (Å²) >= 11 is 0. The van der Waals surface area contributed by atoms with Crippen molar-refractivity contribution in [2.24, 2.45) is 0 Å². The first-order chi connectivity index (χ1) is 6.79. The molecule has 0 spiro atoms. The van der Waals surface area contributed by atoms with Crippen molar-refractivity contribution in [3.8, 4) is 0 Å². The molecular formula is C11H6BNO. The Balaban J connectivity index is 2.91. The van der Waals surface area contributed by atoms with Gasteiger partial charge in [-0.3, -0.25) is 0 Å². The van der Waals surface area contributed by atoms with Gasteiger partial charge in [0.1, 0.15) is 0 Å². The summed E-state index contributed by atoms with van der Waals surface area (Å²) in [4.78, 5) is 16.0. The first-order valence-corrected chi connectivity index (χ1v) is 4.41. The van der Waals surface area contributed by atoms with E-state index in [1.54, 1.807) is 6.20 Å². The predicted octanol–water partition coefficient (Wildman–Crippen LogP) is 1.06. The Kier molecular flexibility index (Phi) is 1.30. The molecule has 3 rings (SSSR count). The van der Waals surface area contributed by atoms with E-state index in [1.807, 2.05) is 24.3 Å². The summed E-state index contributed by atoms with van der Waals surface area (Å²) in [6, 6.07) is 7.44. The summed E-state index contributed by atoms with van der Waals surface area (Å²) in [7, 11) is 3.80. The first kappa shape index (κ1) is 7.62. The van der Waals surface area contributed by atoms with E-state index < -0.39 is 0 Å². The number of nitrogens with zero attached hydrogens (tertiary/aromatic N) is 1. The Morgan fingerprint density at radius 3 is 2.86 bits per heavy atom. The van der Waals surface area contributed by atoms with Gasteiger partial charge in [0, 0.05) is 0 Å². The van der Waals surface area contributed by atoms with E-state index in [0.29, 0.717) is 5.11 Å². The number of rotatable bonds is 0. The first-order valence-electron chi connectivity index (χ1n) is 4.41. The van der Waals surface area contributed by atoms with E-state index >= 15 is 0 Å². The SMILES string of the molecule is B=c1c(=O)c2cccc3nccc1c32. The van der Waals surface area contributed by atoms with Crippen LogP contribution in [0.4, 0.5) is 0 Å². The van der Waals surface area contributed by atoms with E-state index in [1.165, 1.54) is 0 Å². The topological polar surface area (TPSA) is 30.0 Å². The van der Waals surface area contributed by atoms with Crippen LogP contribution < -0.4 is 5.43 Å². The number of aromatic nitrogens is 1. The van der Waals surface area contributed by atoms with Crippen molar-refractivity contribution < 1.29 is 0 Å². The van der Waals surface area contributed by atoms with E-state index in [9.17, 15) is 4.79 Å². The van der Waals surface area contributed by atoms with Crippen molar-refractivity contribution in [2.45, 2.75) is 0 Å². The molecule has 0 saturated heterocycles. The molecule has 0 radical (unpaired) electrons. The number of hydrogen-bond acceptors (Lipinski definition) is 2. The van der Waals surface area contributed by atoms with E-state index in [2.05, 4.69) is 12.5 Å². The van der Waals surface area contributed by atoms with E-state index in [-0.39, 0.29) is 5.43 Å². The van der Waals surface area contributed by atoms with Crippen LogP contribution in [0.1, 0.15) is 0 Å². The second kappa shape index (κ2) is 2.38. The van der Waals surface area contributed by atoms with Gasteiger partial charge in [0.05, 0.1) is 0 Å². The van der Waals surface area contributed by atoms with Gasteiger partial charge in [-0.25, -0.2) is 0 Å². The quantitative estimate of drug-likeness (QED) is 0.483. The number of benzene rings is 1. The van der Waals surface area contributed by atoms with Gasteiger partial charge < -0.3 is 0 Å². The fourth-order valence-electron chi connectivity index (χ4n) is 1.93. The van der Waals surface area contributed by atoms with Gasteiger partial charge in [-0.2, -0.15) is 0 Å². The van der Waals surface area contributed by atoms with Crippen LogP contribution in [-0.2, 0) is 0 Å². The third-order valence-electron chi connectivity index (χ3n) is 2.61. The van der Waals surface area contributed by atoms with Crippen molar-refractivity contribution in [1.82, 2.24) is 4.98 Å². The Labute approximate surface area is 80.6 Å². The van der Waals surface area contributed by atoms with Crippen LogP contribution in [0.15, 0.2) is 35.3 Å². The average molecular weight is 179 g/mol. The molecule has 0 aliphatic heterocycles. The zero-order chi connectivity index (χ0) is 9.71. The van der Waals surface area contributed by atoms with Crippen LogP contribution in [0.3, 0.4) is 0 Å². The van der Waals surface area contributed by atoms with Crippen molar-refractivity contribution in [1.29, 1.82) is 0 Å². The molecule has 14 heavy (non-hydrogen) atoms. The molecule has 3 aromatic rings. The van der Waals surface area contributed by atoms with Crippen molar-refractivity contribution >= 4 is 29.2 Å². The third-order valence-corrected chi connectivity index (χ3v) is 2.61. The molecule has 1 heterocycles. The standard InChI is InChI=1S/C11H6BNO/c12-10-6-4-5-13-8-3-1-2-7(9(6)8)11(10)14/h1-5,12H. The molecular weight excluding hydrogens is 173 g/mol. The van der Waals surface area contributed by atoms with Gasteiger partial charge in [0.25, 0.3) is 0 Å². The predicted molar refractivity (Wildman–Crippen MR) is 58.3 cm³/mol. The molecule has 0 amide bonds. The molecule has 3 heteroatoms. The fraction of sp³-hybridized carbons (Fsp3) is 0. The van der Waals surface area contributed by atoms with Gasteiger partial charge in [-0.1, -0.05) is 0 Å². The maximum absolute atomic E-state index is 11.7. The van der Waals surface area contributed by atoms with Crippen LogP contribution in [0.5, 0.6) is 0 Å². The summed E-state index contributed by atoms with van der Waals surface area (Å²) in [6.07, 6.45) is 1.71. The minimum atomic E-state index is 0.0265. The van der Waals surface area contributed by atoms with Crippen LogP contribution in [0.2, 0.25) is 0 Å². The van der Waals surface area contributed by atoms with Crippen molar-refractivity contribution in [3.63, 3.8) is 0 Å². The minimum absolute atomic E-state index is 0.0265. The summed E-state index contributed by atoms with van der Waals surface area (Å²) in [5.41, 5.74) is 0.894. The van der Waals surface area contributed by atoms with Gasteiger partial charge in [0.15, 0.2) is 0 Å². The van der Waals surface area contributed by atoms with Gasteiger partial charge >= 0.3 is 79.9 Å². The molecule has 0 saturated carbocycles. The summed E-state index contributed by atoms with van der Waals surface area (Å²) in [5, 5.41) is 3.19. The van der Waals surface area contributed by atoms with Crippen molar-refractivity contribution in [2.75, 3.05) is 0 Å². The number of pyridine rings is 1. The Morgan fingerprint density at radius 1 is 1.14 bits per heavy atom. The van der Waals surface area contributed by atoms with E-state index in [4.69, 9.17) is 0 Å². The molecule has 0 N–H and O–H groups in total. The van der Waals surface area contributed by atoms with Crippen LogP contribution >= 0.6 is 0 Å². The molecule has 1 aromatic heterocycles. The second-order valence-corrected chi connectivity index (χ2v) is 3.37. The average Bonchev–Trinajstić information content (AvgIpc) is 2.47. The summed E-state index contributed by atoms with van der Waals surface area (Å²) in [6.45, 7) is 0. The van der Waals surface area contributed by atoms with Crippen LogP contribution in [0.25, 0.3) is 21.7 Å². The fourth-order valence-corrected chi connectivity index (χ4v) is 1.93. The summed E-state index contributed by atoms with van der Waals surface area (Å²) in [5.74, 6) is 0. The Hall–Kier alpha value is -1.77. The third kappa shape index (κ3) is 0.745. The normalized spacial score (nSPS) is 11.4. The summed E-state index contributed by atoms with van der Waals surface area (Å²) < 4.78 is 0. The number of hydrogen-bond donors (Lipinski definition) is 0. The Morgan fingerprint density at radius 2 is 2.00 bits per heavy atom. The van der Waals surface area contributed by atoms with Crippen molar-refractivity contribution in [3.05, 3.63) is 45.8 Å². The molecule has 0 fully saturated rings. The second-order valence-electron chi connectivity index (χ2n) is 3.37. The van der Waals surface area contributed by atoms with Crippen LogP contribution in [0, 0.1) is 5.11 Å². The zero-order valence-electron chi connectivity index (χ0n) is 7.45. The maximum atomic E-state index is 11.7.